The van der Waals surface area contributed by atoms with Crippen molar-refractivity contribution in [1.82, 2.24) is 5.32 Å². The monoisotopic (exact) mass is 322 g/mol. The Hall–Kier alpha value is -1.95. The van der Waals surface area contributed by atoms with Crippen LogP contribution in [0.3, 0.4) is 0 Å². The number of nitrogens with two attached hydrogens (primary N) is 1. The highest BCUT2D eigenvalue weighted by atomic mass is 19.1. The average molecular weight is 322 g/mol. The standard InChI is InChI=1S/C17H23FN2O3/c18-14-3-1-2-13(8-14)15(21)9-16(22)20-10-11-4-6-12(7-5-11)17(19)23/h1-3,8,11-12,15,21H,4-7,9-10H2,(H2,19,23)(H,20,22). The van der Waals surface area contributed by atoms with Crippen molar-refractivity contribution in [3.63, 3.8) is 0 Å². The molecule has 0 aromatic heterocycles. The highest BCUT2D eigenvalue weighted by molar-refractivity contribution is 5.77. The summed E-state index contributed by atoms with van der Waals surface area (Å²) < 4.78 is 13.1. The van der Waals surface area contributed by atoms with Crippen LogP contribution in [0.25, 0.3) is 0 Å². The average Bonchev–Trinajstić information content (AvgIpc) is 2.53. The largest absolute Gasteiger partial charge is 0.388 e. The first-order chi connectivity index (χ1) is 11.0. The molecule has 0 aliphatic heterocycles. The van der Waals surface area contributed by atoms with E-state index < -0.39 is 11.9 Å². The number of benzene rings is 1. The molecule has 4 N–H and O–H groups in total. The predicted octanol–water partition coefficient (Wildman–Crippen LogP) is 1.66. The molecule has 1 saturated carbocycles. The lowest BCUT2D eigenvalue weighted by Crippen LogP contribution is -2.34. The summed E-state index contributed by atoms with van der Waals surface area (Å²) in [5.74, 6) is -0.657. The number of halogens is 1. The van der Waals surface area contributed by atoms with E-state index in [2.05, 4.69) is 5.32 Å². The molecule has 5 nitrogen and oxygen atoms in total. The molecule has 1 atom stereocenters. The Kier molecular flexibility index (Phi) is 6.10. The third-order valence-corrected chi connectivity index (χ3v) is 4.45. The number of nitrogens with one attached hydrogen (secondary N) is 1. The van der Waals surface area contributed by atoms with Gasteiger partial charge < -0.3 is 16.2 Å². The molecule has 6 heteroatoms. The number of hydrogen-bond acceptors (Lipinski definition) is 3. The van der Waals surface area contributed by atoms with Gasteiger partial charge in [0.15, 0.2) is 0 Å². The Labute approximate surface area is 135 Å². The van der Waals surface area contributed by atoms with E-state index >= 15 is 0 Å². The molecule has 0 heterocycles. The molecule has 1 aliphatic carbocycles. The number of aliphatic hydroxyl groups is 1. The van der Waals surface area contributed by atoms with E-state index in [-0.39, 0.29) is 24.2 Å². The van der Waals surface area contributed by atoms with Crippen molar-refractivity contribution < 1.29 is 19.1 Å². The second-order valence-corrected chi connectivity index (χ2v) is 6.20. The molecule has 1 unspecified atom stereocenters. The fourth-order valence-electron chi connectivity index (χ4n) is 2.99. The maximum atomic E-state index is 13.1. The minimum Gasteiger partial charge on any atom is -0.388 e. The molecule has 1 aliphatic rings. The van der Waals surface area contributed by atoms with Gasteiger partial charge >= 0.3 is 0 Å². The summed E-state index contributed by atoms with van der Waals surface area (Å²) in [6.45, 7) is 0.528. The number of amides is 2. The summed E-state index contributed by atoms with van der Waals surface area (Å²) in [6, 6.07) is 5.61. The number of carbonyl (C=O) groups excluding carboxylic acids is 2. The highest BCUT2D eigenvalue weighted by Gasteiger charge is 2.25. The third-order valence-electron chi connectivity index (χ3n) is 4.45. The minimum absolute atomic E-state index is 0.0447. The summed E-state index contributed by atoms with van der Waals surface area (Å²) in [5.41, 5.74) is 5.68. The first-order valence-electron chi connectivity index (χ1n) is 7.95. The quantitative estimate of drug-likeness (QED) is 0.743. The van der Waals surface area contributed by atoms with Gasteiger partial charge in [-0.15, -0.1) is 0 Å². The van der Waals surface area contributed by atoms with Gasteiger partial charge in [0.25, 0.3) is 0 Å². The molecule has 2 amide bonds. The van der Waals surface area contributed by atoms with E-state index in [0.29, 0.717) is 18.0 Å². The van der Waals surface area contributed by atoms with Crippen LogP contribution in [0.2, 0.25) is 0 Å². The summed E-state index contributed by atoms with van der Waals surface area (Å²) in [6.07, 6.45) is 2.14. The van der Waals surface area contributed by atoms with Crippen LogP contribution >= 0.6 is 0 Å². The smallest absolute Gasteiger partial charge is 0.222 e. The van der Waals surface area contributed by atoms with Gasteiger partial charge in [-0.1, -0.05) is 12.1 Å². The lowest BCUT2D eigenvalue weighted by molar-refractivity contribution is -0.124. The predicted molar refractivity (Wildman–Crippen MR) is 83.6 cm³/mol. The molecule has 1 aromatic rings. The normalized spacial score (nSPS) is 22.3. The van der Waals surface area contributed by atoms with Gasteiger partial charge in [-0.3, -0.25) is 9.59 Å². The Bertz CT molecular complexity index is 557. The Morgan fingerprint density at radius 3 is 2.61 bits per heavy atom. The lowest BCUT2D eigenvalue weighted by atomic mass is 9.81. The Balaban J connectivity index is 1.72. The summed E-state index contributed by atoms with van der Waals surface area (Å²) in [7, 11) is 0. The maximum absolute atomic E-state index is 13.1. The van der Waals surface area contributed by atoms with Gasteiger partial charge in [0.2, 0.25) is 11.8 Å². The fourth-order valence-corrected chi connectivity index (χ4v) is 2.99. The van der Waals surface area contributed by atoms with E-state index in [1.165, 1.54) is 18.2 Å². The van der Waals surface area contributed by atoms with Crippen molar-refractivity contribution in [3.8, 4) is 0 Å². The van der Waals surface area contributed by atoms with Crippen molar-refractivity contribution in [3.05, 3.63) is 35.6 Å². The number of carbonyl (C=O) groups is 2. The molecule has 0 radical (unpaired) electrons. The van der Waals surface area contributed by atoms with Crippen LogP contribution in [0.15, 0.2) is 24.3 Å². The van der Waals surface area contributed by atoms with Gasteiger partial charge in [0.1, 0.15) is 5.82 Å². The molecule has 0 bridgehead atoms. The van der Waals surface area contributed by atoms with Gasteiger partial charge in [-0.2, -0.15) is 0 Å². The maximum Gasteiger partial charge on any atom is 0.222 e. The van der Waals surface area contributed by atoms with Crippen LogP contribution in [-0.2, 0) is 9.59 Å². The van der Waals surface area contributed by atoms with E-state index in [1.807, 2.05) is 0 Å². The number of aliphatic hydroxyl groups excluding tert-OH is 1. The van der Waals surface area contributed by atoms with E-state index in [9.17, 15) is 19.1 Å². The van der Waals surface area contributed by atoms with Gasteiger partial charge in [-0.25, -0.2) is 4.39 Å². The lowest BCUT2D eigenvalue weighted by Gasteiger charge is -2.26. The van der Waals surface area contributed by atoms with Gasteiger partial charge in [0, 0.05) is 12.5 Å². The molecular formula is C17H23FN2O3. The molecule has 126 valence electrons. The molecule has 23 heavy (non-hydrogen) atoms. The first-order valence-corrected chi connectivity index (χ1v) is 7.95. The van der Waals surface area contributed by atoms with Crippen LogP contribution in [0.5, 0.6) is 0 Å². The molecule has 0 spiro atoms. The van der Waals surface area contributed by atoms with Crippen molar-refractivity contribution >= 4 is 11.8 Å². The van der Waals surface area contributed by atoms with E-state index in [0.717, 1.165) is 25.7 Å². The zero-order valence-corrected chi connectivity index (χ0v) is 13.0. The number of hydrogen-bond donors (Lipinski definition) is 3. The molecule has 1 fully saturated rings. The van der Waals surface area contributed by atoms with Crippen LogP contribution < -0.4 is 11.1 Å². The zero-order valence-electron chi connectivity index (χ0n) is 13.0. The molecular weight excluding hydrogens is 299 g/mol. The van der Waals surface area contributed by atoms with Crippen LogP contribution in [0.1, 0.15) is 43.8 Å². The van der Waals surface area contributed by atoms with Crippen LogP contribution in [0.4, 0.5) is 4.39 Å². The van der Waals surface area contributed by atoms with Crippen LogP contribution in [-0.4, -0.2) is 23.5 Å². The first kappa shape index (κ1) is 17.4. The fraction of sp³-hybridized carbons (Fsp3) is 0.529. The number of rotatable bonds is 6. The Morgan fingerprint density at radius 1 is 1.30 bits per heavy atom. The SMILES string of the molecule is NC(=O)C1CCC(CNC(=O)CC(O)c2cccc(F)c2)CC1. The van der Waals surface area contributed by atoms with Crippen molar-refractivity contribution in [2.75, 3.05) is 6.54 Å². The van der Waals surface area contributed by atoms with Gasteiger partial charge in [-0.05, 0) is 49.3 Å². The van der Waals surface area contributed by atoms with Crippen LogP contribution in [0, 0.1) is 17.7 Å². The summed E-state index contributed by atoms with van der Waals surface area (Å²) in [5, 5.41) is 12.8. The summed E-state index contributed by atoms with van der Waals surface area (Å²) in [4.78, 5) is 23.0. The van der Waals surface area contributed by atoms with Crippen molar-refractivity contribution in [2.45, 2.75) is 38.2 Å². The van der Waals surface area contributed by atoms with Gasteiger partial charge in [0.05, 0.1) is 12.5 Å². The Morgan fingerprint density at radius 2 is 2.00 bits per heavy atom. The zero-order chi connectivity index (χ0) is 16.8. The summed E-state index contributed by atoms with van der Waals surface area (Å²) >= 11 is 0. The highest BCUT2D eigenvalue weighted by Crippen LogP contribution is 2.28. The van der Waals surface area contributed by atoms with Crippen molar-refractivity contribution in [1.29, 1.82) is 0 Å². The molecule has 2 rings (SSSR count). The third kappa shape index (κ3) is 5.32. The second-order valence-electron chi connectivity index (χ2n) is 6.20. The minimum atomic E-state index is -1.02. The van der Waals surface area contributed by atoms with E-state index in [1.54, 1.807) is 6.07 Å². The molecule has 0 saturated heterocycles. The topological polar surface area (TPSA) is 92.4 Å². The molecule has 1 aromatic carbocycles. The van der Waals surface area contributed by atoms with E-state index in [4.69, 9.17) is 5.73 Å². The number of primary amides is 1. The van der Waals surface area contributed by atoms with Crippen molar-refractivity contribution in [2.24, 2.45) is 17.6 Å². The second kappa shape index (κ2) is 8.06.